The van der Waals surface area contributed by atoms with Gasteiger partial charge in [-0.15, -0.1) is 0 Å². The zero-order chi connectivity index (χ0) is 18.1. The predicted octanol–water partition coefficient (Wildman–Crippen LogP) is 5.21. The van der Waals surface area contributed by atoms with Crippen LogP contribution in [0.2, 0.25) is 10.0 Å². The number of nitrogens with zero attached hydrogens (tertiary/aromatic N) is 1. The molecule has 2 rings (SSSR count). The van der Waals surface area contributed by atoms with Crippen molar-refractivity contribution in [3.63, 3.8) is 0 Å². The van der Waals surface area contributed by atoms with E-state index in [9.17, 15) is 23.3 Å². The number of aliphatic hydroxyl groups excluding tert-OH is 1. The summed E-state index contributed by atoms with van der Waals surface area (Å²) < 4.78 is 43.3. The fraction of sp³-hybridized carbons (Fsp3) is 0.143. The maximum Gasteiger partial charge on any atom is 0.416 e. The molecule has 0 fully saturated rings. The zero-order valence-electron chi connectivity index (χ0n) is 11.6. The number of alkyl halides is 3. The second-order valence-corrected chi connectivity index (χ2v) is 5.40. The van der Waals surface area contributed by atoms with Crippen LogP contribution in [0.25, 0.3) is 0 Å². The molecule has 0 aromatic heterocycles. The Balaban J connectivity index is 2.49. The first kappa shape index (κ1) is 18.3. The van der Waals surface area contributed by atoms with E-state index in [0.29, 0.717) is 17.7 Å². The van der Waals surface area contributed by atoms with Gasteiger partial charge in [0.1, 0.15) is 0 Å². The number of hydrogen-bond acceptors (Lipinski definition) is 4. The van der Waals surface area contributed by atoms with Crippen LogP contribution in [-0.4, -0.2) is 10.0 Å². The van der Waals surface area contributed by atoms with Gasteiger partial charge in [0.2, 0.25) is 5.75 Å². The number of nitro groups is 1. The number of ether oxygens (including phenoxy) is 1. The molecule has 1 N–H and O–H groups in total. The first-order valence-electron chi connectivity index (χ1n) is 6.25. The molecule has 0 saturated heterocycles. The molecular formula is C14H8Cl2F3NO4. The van der Waals surface area contributed by atoms with Gasteiger partial charge < -0.3 is 9.84 Å². The Morgan fingerprint density at radius 1 is 1.17 bits per heavy atom. The minimum absolute atomic E-state index is 0.0549. The van der Waals surface area contributed by atoms with Gasteiger partial charge in [-0.2, -0.15) is 13.2 Å². The van der Waals surface area contributed by atoms with Crippen LogP contribution in [0, 0.1) is 10.1 Å². The van der Waals surface area contributed by atoms with Crippen LogP contribution in [0.3, 0.4) is 0 Å². The number of nitro benzene ring substituents is 1. The molecule has 0 amide bonds. The number of halogens is 5. The lowest BCUT2D eigenvalue weighted by Gasteiger charge is -2.12. The van der Waals surface area contributed by atoms with Gasteiger partial charge in [-0.1, -0.05) is 23.2 Å². The Labute approximate surface area is 143 Å². The smallest absolute Gasteiger partial charge is 0.416 e. The highest BCUT2D eigenvalue weighted by atomic mass is 35.5. The molecule has 24 heavy (non-hydrogen) atoms. The van der Waals surface area contributed by atoms with E-state index < -0.39 is 28.1 Å². The lowest BCUT2D eigenvalue weighted by molar-refractivity contribution is -0.385. The van der Waals surface area contributed by atoms with Crippen molar-refractivity contribution in [1.29, 1.82) is 0 Å². The third-order valence-electron chi connectivity index (χ3n) is 2.94. The zero-order valence-corrected chi connectivity index (χ0v) is 13.1. The van der Waals surface area contributed by atoms with Crippen molar-refractivity contribution in [2.24, 2.45) is 0 Å². The SMILES string of the molecule is O=[N+]([O-])c1cc(C(F)(F)F)ccc1Oc1c(Cl)cc(CO)cc1Cl. The molecule has 0 radical (unpaired) electrons. The van der Waals surface area contributed by atoms with Crippen LogP contribution >= 0.6 is 23.2 Å². The Hall–Kier alpha value is -2.03. The normalized spacial score (nSPS) is 11.4. The van der Waals surface area contributed by atoms with Crippen molar-refractivity contribution in [2.75, 3.05) is 0 Å². The molecule has 0 bridgehead atoms. The molecule has 0 saturated carbocycles. The summed E-state index contributed by atoms with van der Waals surface area (Å²) in [6, 6.07) is 4.45. The quantitative estimate of drug-likeness (QED) is 0.583. The van der Waals surface area contributed by atoms with Gasteiger partial charge in [0.05, 0.1) is 27.1 Å². The lowest BCUT2D eigenvalue weighted by atomic mass is 10.2. The van der Waals surface area contributed by atoms with E-state index in [4.69, 9.17) is 33.0 Å². The summed E-state index contributed by atoms with van der Waals surface area (Å²) in [6.07, 6.45) is -4.73. The summed E-state index contributed by atoms with van der Waals surface area (Å²) in [4.78, 5) is 10.0. The maximum absolute atomic E-state index is 12.7. The van der Waals surface area contributed by atoms with Crippen LogP contribution in [0.4, 0.5) is 18.9 Å². The van der Waals surface area contributed by atoms with E-state index in [0.717, 1.165) is 6.07 Å². The van der Waals surface area contributed by atoms with E-state index in [-0.39, 0.29) is 22.4 Å². The topological polar surface area (TPSA) is 72.6 Å². The summed E-state index contributed by atoms with van der Waals surface area (Å²) in [5.74, 6) is -0.619. The van der Waals surface area contributed by atoms with E-state index in [1.54, 1.807) is 0 Å². The van der Waals surface area contributed by atoms with Crippen molar-refractivity contribution in [3.8, 4) is 11.5 Å². The Kier molecular flexibility index (Phi) is 5.22. The molecule has 10 heteroatoms. The Morgan fingerprint density at radius 2 is 1.75 bits per heavy atom. The molecule has 2 aromatic carbocycles. The van der Waals surface area contributed by atoms with Gasteiger partial charge in [0.25, 0.3) is 0 Å². The standard InChI is InChI=1S/C14H8Cl2F3NO4/c15-9-3-7(6-21)4-10(16)13(9)24-12-2-1-8(14(17,18)19)5-11(12)20(22)23/h1-5,21H,6H2. The minimum Gasteiger partial charge on any atom is -0.447 e. The van der Waals surface area contributed by atoms with E-state index in [1.165, 1.54) is 12.1 Å². The summed E-state index contributed by atoms with van der Waals surface area (Å²) in [5, 5.41) is 19.9. The predicted molar refractivity (Wildman–Crippen MR) is 80.6 cm³/mol. The van der Waals surface area contributed by atoms with Crippen LogP contribution < -0.4 is 4.74 Å². The minimum atomic E-state index is -4.73. The van der Waals surface area contributed by atoms with E-state index in [1.807, 2.05) is 0 Å². The number of aliphatic hydroxyl groups is 1. The van der Waals surface area contributed by atoms with Crippen LogP contribution in [0.1, 0.15) is 11.1 Å². The van der Waals surface area contributed by atoms with E-state index >= 15 is 0 Å². The molecule has 0 atom stereocenters. The average molecular weight is 382 g/mol. The molecule has 0 aliphatic heterocycles. The second kappa shape index (κ2) is 6.84. The van der Waals surface area contributed by atoms with Crippen molar-refractivity contribution in [2.45, 2.75) is 12.8 Å². The van der Waals surface area contributed by atoms with Crippen LogP contribution in [0.5, 0.6) is 11.5 Å². The fourth-order valence-electron chi connectivity index (χ4n) is 1.83. The Bertz CT molecular complexity index is 773. The number of hydrogen-bond donors (Lipinski definition) is 1. The maximum atomic E-state index is 12.7. The van der Waals surface area contributed by atoms with Crippen LogP contribution in [0.15, 0.2) is 30.3 Å². The summed E-state index contributed by atoms with van der Waals surface area (Å²) in [6.45, 7) is -0.347. The molecule has 0 aliphatic rings. The highest BCUT2D eigenvalue weighted by Crippen LogP contribution is 2.42. The van der Waals surface area contributed by atoms with E-state index in [2.05, 4.69) is 0 Å². The van der Waals surface area contributed by atoms with Gasteiger partial charge >= 0.3 is 11.9 Å². The highest BCUT2D eigenvalue weighted by Gasteiger charge is 2.33. The van der Waals surface area contributed by atoms with Gasteiger partial charge in [0, 0.05) is 6.07 Å². The third-order valence-corrected chi connectivity index (χ3v) is 3.50. The van der Waals surface area contributed by atoms with Crippen molar-refractivity contribution < 1.29 is 27.9 Å². The highest BCUT2D eigenvalue weighted by molar-refractivity contribution is 6.37. The molecule has 0 heterocycles. The first-order valence-corrected chi connectivity index (χ1v) is 7.01. The van der Waals surface area contributed by atoms with Gasteiger partial charge in [-0.3, -0.25) is 10.1 Å². The number of benzene rings is 2. The van der Waals surface area contributed by atoms with Crippen molar-refractivity contribution in [1.82, 2.24) is 0 Å². The van der Waals surface area contributed by atoms with Gasteiger partial charge in [-0.25, -0.2) is 0 Å². The third kappa shape index (κ3) is 3.89. The molecule has 0 unspecified atom stereocenters. The molecule has 0 aliphatic carbocycles. The molecule has 2 aromatic rings. The van der Waals surface area contributed by atoms with Crippen LogP contribution in [-0.2, 0) is 12.8 Å². The first-order chi connectivity index (χ1) is 11.1. The fourth-order valence-corrected chi connectivity index (χ4v) is 2.44. The molecule has 0 spiro atoms. The Morgan fingerprint density at radius 3 is 2.21 bits per heavy atom. The van der Waals surface area contributed by atoms with Gasteiger partial charge in [0.15, 0.2) is 5.75 Å². The second-order valence-electron chi connectivity index (χ2n) is 4.59. The molecule has 128 valence electrons. The monoisotopic (exact) mass is 381 g/mol. The molecular weight excluding hydrogens is 374 g/mol. The largest absolute Gasteiger partial charge is 0.447 e. The molecule has 5 nitrogen and oxygen atoms in total. The lowest BCUT2D eigenvalue weighted by Crippen LogP contribution is -2.06. The summed E-state index contributed by atoms with van der Waals surface area (Å²) in [5.41, 5.74) is -1.70. The van der Waals surface area contributed by atoms with Crippen molar-refractivity contribution >= 4 is 28.9 Å². The van der Waals surface area contributed by atoms with Gasteiger partial charge in [-0.05, 0) is 29.8 Å². The summed E-state index contributed by atoms with van der Waals surface area (Å²) in [7, 11) is 0. The average Bonchev–Trinajstić information content (AvgIpc) is 2.49. The summed E-state index contributed by atoms with van der Waals surface area (Å²) >= 11 is 11.9. The number of rotatable bonds is 4. The van der Waals surface area contributed by atoms with Crippen molar-refractivity contribution in [3.05, 3.63) is 61.6 Å².